The highest BCUT2D eigenvalue weighted by molar-refractivity contribution is 9.10. The van der Waals surface area contributed by atoms with Crippen LogP contribution in [0.15, 0.2) is 32.3 Å². The zero-order valence-electron chi connectivity index (χ0n) is 11.3. The Bertz CT molecular complexity index is 793. The van der Waals surface area contributed by atoms with Gasteiger partial charge in [0.15, 0.2) is 0 Å². The fourth-order valence-corrected chi connectivity index (χ4v) is 2.80. The molecule has 0 spiro atoms. The van der Waals surface area contributed by atoms with Gasteiger partial charge in [-0.15, -0.1) is 0 Å². The number of nitrogens with zero attached hydrogens (tertiary/aromatic N) is 2. The van der Waals surface area contributed by atoms with E-state index in [1.807, 2.05) is 0 Å². The number of hydrogen-bond acceptors (Lipinski definition) is 3. The first-order valence-corrected chi connectivity index (χ1v) is 7.12. The Morgan fingerprint density at radius 1 is 1.24 bits per heavy atom. The van der Waals surface area contributed by atoms with Crippen molar-refractivity contribution in [1.29, 1.82) is 0 Å². The molecule has 1 aromatic carbocycles. The van der Waals surface area contributed by atoms with Crippen LogP contribution < -0.4 is 16.6 Å². The quantitative estimate of drug-likeness (QED) is 0.894. The van der Waals surface area contributed by atoms with Gasteiger partial charge in [-0.05, 0) is 28.1 Å². The summed E-state index contributed by atoms with van der Waals surface area (Å²) in [6.07, 6.45) is 0. The van der Waals surface area contributed by atoms with Crippen molar-refractivity contribution < 1.29 is 4.39 Å². The monoisotopic (exact) mass is 375 g/mol. The normalized spacial score (nSPS) is 10.7. The lowest BCUT2D eigenvalue weighted by Gasteiger charge is -2.13. The van der Waals surface area contributed by atoms with E-state index in [0.29, 0.717) is 15.9 Å². The standard InChI is InChI=1S/C13H12BrClFN3O2/c1-18-8(5-11(20)19(2)13(18)21)6-17-12-9(14)3-7(16)4-10(12)15/h3-5,17H,6H2,1-2H3. The number of benzene rings is 1. The predicted molar refractivity (Wildman–Crippen MR) is 83.4 cm³/mol. The molecule has 0 amide bonds. The minimum absolute atomic E-state index is 0.200. The van der Waals surface area contributed by atoms with Crippen LogP contribution in [0.4, 0.5) is 10.1 Å². The molecule has 1 heterocycles. The maximum Gasteiger partial charge on any atom is 0.330 e. The summed E-state index contributed by atoms with van der Waals surface area (Å²) in [6.45, 7) is 0.200. The van der Waals surface area contributed by atoms with Gasteiger partial charge in [-0.3, -0.25) is 13.9 Å². The molecule has 0 fully saturated rings. The van der Waals surface area contributed by atoms with E-state index in [1.54, 1.807) is 7.05 Å². The first-order chi connectivity index (χ1) is 9.81. The molecule has 0 aliphatic heterocycles. The smallest absolute Gasteiger partial charge is 0.330 e. The van der Waals surface area contributed by atoms with E-state index in [4.69, 9.17) is 11.6 Å². The van der Waals surface area contributed by atoms with E-state index in [0.717, 1.165) is 4.57 Å². The minimum atomic E-state index is -0.460. The molecule has 2 aromatic rings. The van der Waals surface area contributed by atoms with Gasteiger partial charge >= 0.3 is 5.69 Å². The van der Waals surface area contributed by atoms with Gasteiger partial charge in [-0.25, -0.2) is 9.18 Å². The summed E-state index contributed by atoms with van der Waals surface area (Å²) >= 11 is 9.17. The van der Waals surface area contributed by atoms with Crippen molar-refractivity contribution in [3.8, 4) is 0 Å². The van der Waals surface area contributed by atoms with Gasteiger partial charge in [0, 0.05) is 30.3 Å². The van der Waals surface area contributed by atoms with Crippen molar-refractivity contribution in [2.75, 3.05) is 5.32 Å². The van der Waals surface area contributed by atoms with Crippen LogP contribution in [0.3, 0.4) is 0 Å². The number of hydrogen-bond donors (Lipinski definition) is 1. The molecule has 0 bridgehead atoms. The summed E-state index contributed by atoms with van der Waals surface area (Å²) in [4.78, 5) is 23.5. The van der Waals surface area contributed by atoms with Crippen molar-refractivity contribution in [3.05, 3.63) is 60.0 Å². The molecule has 0 saturated carbocycles. The van der Waals surface area contributed by atoms with Crippen LogP contribution in [0, 0.1) is 5.82 Å². The summed E-state index contributed by atoms with van der Waals surface area (Å²) in [6, 6.07) is 3.81. The number of halogens is 3. The molecule has 0 saturated heterocycles. The molecule has 0 atom stereocenters. The van der Waals surface area contributed by atoms with Crippen molar-refractivity contribution in [3.63, 3.8) is 0 Å². The highest BCUT2D eigenvalue weighted by Crippen LogP contribution is 2.31. The molecule has 21 heavy (non-hydrogen) atoms. The van der Waals surface area contributed by atoms with Gasteiger partial charge in [0.05, 0.1) is 17.3 Å². The minimum Gasteiger partial charge on any atom is -0.377 e. The molecule has 0 unspecified atom stereocenters. The number of aromatic nitrogens is 2. The maximum atomic E-state index is 13.2. The van der Waals surface area contributed by atoms with Crippen LogP contribution in [0.25, 0.3) is 0 Å². The maximum absolute atomic E-state index is 13.2. The van der Waals surface area contributed by atoms with E-state index >= 15 is 0 Å². The number of rotatable bonds is 3. The second kappa shape index (κ2) is 6.03. The second-order valence-electron chi connectivity index (χ2n) is 4.47. The van der Waals surface area contributed by atoms with Crippen LogP contribution in [0.2, 0.25) is 5.02 Å². The van der Waals surface area contributed by atoms with E-state index in [-0.39, 0.29) is 17.1 Å². The molecule has 0 radical (unpaired) electrons. The molecule has 8 heteroatoms. The van der Waals surface area contributed by atoms with Crippen molar-refractivity contribution in [2.24, 2.45) is 14.1 Å². The lowest BCUT2D eigenvalue weighted by atomic mass is 10.3. The van der Waals surface area contributed by atoms with Crippen LogP contribution in [-0.4, -0.2) is 9.13 Å². The lowest BCUT2D eigenvalue weighted by Crippen LogP contribution is -2.38. The second-order valence-corrected chi connectivity index (χ2v) is 5.73. The Kier molecular flexibility index (Phi) is 4.53. The first-order valence-electron chi connectivity index (χ1n) is 5.95. The molecule has 2 rings (SSSR count). The lowest BCUT2D eigenvalue weighted by molar-refractivity contribution is 0.627. The highest BCUT2D eigenvalue weighted by atomic mass is 79.9. The zero-order valence-corrected chi connectivity index (χ0v) is 13.6. The average molecular weight is 377 g/mol. The van der Waals surface area contributed by atoms with Gasteiger partial charge in [0.25, 0.3) is 5.56 Å². The van der Waals surface area contributed by atoms with E-state index in [9.17, 15) is 14.0 Å². The van der Waals surface area contributed by atoms with Gasteiger partial charge in [-0.2, -0.15) is 0 Å². The summed E-state index contributed by atoms with van der Waals surface area (Å²) in [5.41, 5.74) is 0.185. The third-order valence-corrected chi connectivity index (χ3v) is 4.00. The first kappa shape index (κ1) is 15.8. The zero-order chi connectivity index (χ0) is 15.7. The van der Waals surface area contributed by atoms with E-state index < -0.39 is 11.5 Å². The van der Waals surface area contributed by atoms with Crippen LogP contribution >= 0.6 is 27.5 Å². The van der Waals surface area contributed by atoms with E-state index in [2.05, 4.69) is 21.2 Å². The molecule has 112 valence electrons. The Morgan fingerprint density at radius 2 is 1.90 bits per heavy atom. The largest absolute Gasteiger partial charge is 0.377 e. The Hall–Kier alpha value is -1.60. The summed E-state index contributed by atoms with van der Waals surface area (Å²) in [5, 5.41) is 3.19. The summed E-state index contributed by atoms with van der Waals surface area (Å²) < 4.78 is 16.0. The predicted octanol–water partition coefficient (Wildman–Crippen LogP) is 2.25. The Labute approximate surface area is 133 Å². The Morgan fingerprint density at radius 3 is 2.52 bits per heavy atom. The number of nitrogens with one attached hydrogen (secondary N) is 1. The van der Waals surface area contributed by atoms with Crippen molar-refractivity contribution in [2.45, 2.75) is 6.54 Å². The van der Waals surface area contributed by atoms with Gasteiger partial charge < -0.3 is 5.32 Å². The molecular formula is C13H12BrClFN3O2. The van der Waals surface area contributed by atoms with Gasteiger partial charge in [0.1, 0.15) is 5.82 Å². The topological polar surface area (TPSA) is 56.0 Å². The van der Waals surface area contributed by atoms with Gasteiger partial charge in [0.2, 0.25) is 0 Å². The van der Waals surface area contributed by atoms with Crippen LogP contribution in [0.1, 0.15) is 5.69 Å². The molecule has 0 aliphatic carbocycles. The van der Waals surface area contributed by atoms with Crippen LogP contribution in [-0.2, 0) is 20.6 Å². The number of anilines is 1. The molecular weight excluding hydrogens is 365 g/mol. The fourth-order valence-electron chi connectivity index (χ4n) is 1.84. The third-order valence-electron chi connectivity index (χ3n) is 3.08. The fraction of sp³-hybridized carbons (Fsp3) is 0.231. The summed E-state index contributed by atoms with van der Waals surface area (Å²) in [7, 11) is 2.98. The average Bonchev–Trinajstić information content (AvgIpc) is 2.40. The molecule has 1 aromatic heterocycles. The Balaban J connectivity index is 2.34. The molecule has 0 aliphatic rings. The van der Waals surface area contributed by atoms with Crippen molar-refractivity contribution >= 4 is 33.2 Å². The molecule has 5 nitrogen and oxygen atoms in total. The SMILES string of the molecule is Cn1c(CNc2c(Cl)cc(F)cc2Br)cc(=O)n(C)c1=O. The third kappa shape index (κ3) is 3.19. The van der Waals surface area contributed by atoms with Crippen LogP contribution in [0.5, 0.6) is 0 Å². The molecule has 1 N–H and O–H groups in total. The van der Waals surface area contributed by atoms with E-state index in [1.165, 1.54) is 29.8 Å². The highest BCUT2D eigenvalue weighted by Gasteiger charge is 2.10. The van der Waals surface area contributed by atoms with Crippen molar-refractivity contribution in [1.82, 2.24) is 9.13 Å². The van der Waals surface area contributed by atoms with Gasteiger partial charge in [-0.1, -0.05) is 11.6 Å². The summed E-state index contributed by atoms with van der Waals surface area (Å²) in [5.74, 6) is -0.460.